The Hall–Kier alpha value is -1.74. The van der Waals surface area contributed by atoms with Gasteiger partial charge in [-0.2, -0.15) is 0 Å². The number of hydrogen-bond donors (Lipinski definition) is 1. The van der Waals surface area contributed by atoms with Crippen LogP contribution in [0.5, 0.6) is 0 Å². The predicted octanol–water partition coefficient (Wildman–Crippen LogP) is 4.11. The molecule has 1 aliphatic heterocycles. The molecule has 1 aliphatic carbocycles. The molecule has 2 aromatic rings. The SMILES string of the molecule is c1coc(C2(CC3CCC3)OCNc3ccccc32)c1. The van der Waals surface area contributed by atoms with E-state index >= 15 is 0 Å². The predicted molar refractivity (Wildman–Crippen MR) is 77.5 cm³/mol. The Kier molecular flexibility index (Phi) is 2.81. The molecule has 104 valence electrons. The van der Waals surface area contributed by atoms with E-state index < -0.39 is 5.60 Å². The number of anilines is 1. The van der Waals surface area contributed by atoms with Crippen LogP contribution >= 0.6 is 0 Å². The van der Waals surface area contributed by atoms with E-state index in [1.165, 1.54) is 24.8 Å². The molecule has 0 spiro atoms. The van der Waals surface area contributed by atoms with Crippen LogP contribution < -0.4 is 5.32 Å². The van der Waals surface area contributed by atoms with Gasteiger partial charge in [0.15, 0.2) is 5.60 Å². The molecule has 3 nitrogen and oxygen atoms in total. The lowest BCUT2D eigenvalue weighted by atomic mass is 9.73. The molecule has 3 heteroatoms. The molecule has 20 heavy (non-hydrogen) atoms. The molecule has 0 radical (unpaired) electrons. The van der Waals surface area contributed by atoms with E-state index in [0.29, 0.717) is 6.73 Å². The molecule has 1 aromatic carbocycles. The van der Waals surface area contributed by atoms with Crippen molar-refractivity contribution in [2.75, 3.05) is 12.0 Å². The maximum Gasteiger partial charge on any atom is 0.155 e. The highest BCUT2D eigenvalue weighted by atomic mass is 16.5. The smallest absolute Gasteiger partial charge is 0.155 e. The number of nitrogens with one attached hydrogen (secondary N) is 1. The first-order valence-electron chi connectivity index (χ1n) is 7.40. The Morgan fingerprint density at radius 2 is 2.05 bits per heavy atom. The largest absolute Gasteiger partial charge is 0.466 e. The summed E-state index contributed by atoms with van der Waals surface area (Å²) in [5, 5.41) is 3.32. The molecule has 0 amide bonds. The van der Waals surface area contributed by atoms with Gasteiger partial charge in [-0.1, -0.05) is 37.5 Å². The summed E-state index contributed by atoms with van der Waals surface area (Å²) in [5.74, 6) is 1.67. The third kappa shape index (κ3) is 1.77. The first-order chi connectivity index (χ1) is 9.88. The monoisotopic (exact) mass is 269 g/mol. The Labute approximate surface area is 118 Å². The molecule has 2 aliphatic rings. The summed E-state index contributed by atoms with van der Waals surface area (Å²) in [5.41, 5.74) is 1.94. The molecule has 1 aromatic heterocycles. The standard InChI is InChI=1S/C17H19NO2/c1-2-8-15-14(7-1)17(20-12-18-15,11-13-5-3-6-13)16-9-4-10-19-16/h1-2,4,7-10,13,18H,3,5-6,11-12H2. The molecule has 1 fully saturated rings. The zero-order valence-corrected chi connectivity index (χ0v) is 11.5. The van der Waals surface area contributed by atoms with Crippen molar-refractivity contribution in [1.82, 2.24) is 0 Å². The third-order valence-electron chi connectivity index (χ3n) is 4.66. The molecule has 1 unspecified atom stereocenters. The maximum absolute atomic E-state index is 6.24. The minimum absolute atomic E-state index is 0.420. The summed E-state index contributed by atoms with van der Waals surface area (Å²) in [6.07, 6.45) is 6.71. The van der Waals surface area contributed by atoms with Crippen LogP contribution in [0.3, 0.4) is 0 Å². The topological polar surface area (TPSA) is 34.4 Å². The zero-order chi connectivity index (χ0) is 13.4. The van der Waals surface area contributed by atoms with Gasteiger partial charge in [0.1, 0.15) is 12.5 Å². The van der Waals surface area contributed by atoms with Crippen molar-refractivity contribution in [1.29, 1.82) is 0 Å². The number of para-hydroxylation sites is 1. The van der Waals surface area contributed by atoms with Gasteiger partial charge in [-0.05, 0) is 30.5 Å². The summed E-state index contributed by atoms with van der Waals surface area (Å²) in [7, 11) is 0. The second-order valence-electron chi connectivity index (χ2n) is 5.82. The lowest BCUT2D eigenvalue weighted by molar-refractivity contribution is -0.0545. The van der Waals surface area contributed by atoms with E-state index in [1.54, 1.807) is 6.26 Å². The molecule has 1 atom stereocenters. The lowest BCUT2D eigenvalue weighted by Crippen LogP contribution is -2.40. The first-order valence-corrected chi connectivity index (χ1v) is 7.40. The van der Waals surface area contributed by atoms with E-state index in [-0.39, 0.29) is 0 Å². The van der Waals surface area contributed by atoms with Crippen molar-refractivity contribution in [3.8, 4) is 0 Å². The molecular weight excluding hydrogens is 250 g/mol. The van der Waals surface area contributed by atoms with Crippen LogP contribution in [0.2, 0.25) is 0 Å². The average molecular weight is 269 g/mol. The highest BCUT2D eigenvalue weighted by Crippen LogP contribution is 2.48. The van der Waals surface area contributed by atoms with Crippen LogP contribution in [-0.4, -0.2) is 6.73 Å². The van der Waals surface area contributed by atoms with E-state index in [4.69, 9.17) is 9.15 Å². The van der Waals surface area contributed by atoms with Crippen molar-refractivity contribution in [2.24, 2.45) is 5.92 Å². The van der Waals surface area contributed by atoms with E-state index in [9.17, 15) is 0 Å². The van der Waals surface area contributed by atoms with Crippen LogP contribution in [0.25, 0.3) is 0 Å². The van der Waals surface area contributed by atoms with E-state index in [1.807, 2.05) is 12.1 Å². The summed E-state index contributed by atoms with van der Waals surface area (Å²) >= 11 is 0. The van der Waals surface area contributed by atoms with Gasteiger partial charge in [-0.3, -0.25) is 0 Å². The summed E-state index contributed by atoms with van der Waals surface area (Å²) < 4.78 is 12.0. The number of hydrogen-bond acceptors (Lipinski definition) is 3. The van der Waals surface area contributed by atoms with Crippen molar-refractivity contribution < 1.29 is 9.15 Å². The van der Waals surface area contributed by atoms with Gasteiger partial charge in [-0.25, -0.2) is 0 Å². The van der Waals surface area contributed by atoms with Crippen molar-refractivity contribution in [3.05, 3.63) is 54.0 Å². The molecule has 0 bridgehead atoms. The van der Waals surface area contributed by atoms with Crippen LogP contribution in [0.1, 0.15) is 37.0 Å². The minimum atomic E-state index is -0.420. The van der Waals surface area contributed by atoms with Gasteiger partial charge < -0.3 is 14.5 Å². The van der Waals surface area contributed by atoms with Crippen molar-refractivity contribution >= 4 is 5.69 Å². The molecular formula is C17H19NO2. The minimum Gasteiger partial charge on any atom is -0.466 e. The lowest BCUT2D eigenvalue weighted by Gasteiger charge is -2.42. The van der Waals surface area contributed by atoms with Gasteiger partial charge in [0.2, 0.25) is 0 Å². The van der Waals surface area contributed by atoms with Gasteiger partial charge in [-0.15, -0.1) is 0 Å². The summed E-state index contributed by atoms with van der Waals surface area (Å²) in [6, 6.07) is 12.4. The van der Waals surface area contributed by atoms with Crippen LogP contribution in [0, 0.1) is 5.92 Å². The molecule has 0 saturated heterocycles. The van der Waals surface area contributed by atoms with Crippen molar-refractivity contribution in [3.63, 3.8) is 0 Å². The molecule has 1 N–H and O–H groups in total. The van der Waals surface area contributed by atoms with Crippen LogP contribution in [0.15, 0.2) is 47.1 Å². The fourth-order valence-electron chi connectivity index (χ4n) is 3.39. The second-order valence-corrected chi connectivity index (χ2v) is 5.82. The Balaban J connectivity index is 1.83. The number of furan rings is 1. The van der Waals surface area contributed by atoms with Gasteiger partial charge in [0, 0.05) is 11.3 Å². The van der Waals surface area contributed by atoms with E-state index in [0.717, 1.165) is 23.8 Å². The Morgan fingerprint density at radius 3 is 2.80 bits per heavy atom. The molecule has 2 heterocycles. The molecule has 4 rings (SSSR count). The number of benzene rings is 1. The number of rotatable bonds is 3. The summed E-state index contributed by atoms with van der Waals surface area (Å²) in [6.45, 7) is 0.532. The van der Waals surface area contributed by atoms with Gasteiger partial charge in [0.05, 0.1) is 6.26 Å². The van der Waals surface area contributed by atoms with Crippen LogP contribution in [-0.2, 0) is 10.3 Å². The normalized spacial score (nSPS) is 25.6. The Bertz CT molecular complexity index is 589. The Morgan fingerprint density at radius 1 is 1.15 bits per heavy atom. The van der Waals surface area contributed by atoms with Gasteiger partial charge in [0.25, 0.3) is 0 Å². The zero-order valence-electron chi connectivity index (χ0n) is 11.5. The summed E-state index contributed by atoms with van der Waals surface area (Å²) in [4.78, 5) is 0. The maximum atomic E-state index is 6.24. The van der Waals surface area contributed by atoms with Gasteiger partial charge >= 0.3 is 0 Å². The second kappa shape index (κ2) is 4.67. The fraction of sp³-hybridized carbons (Fsp3) is 0.412. The molecule has 1 saturated carbocycles. The first kappa shape index (κ1) is 12.0. The van der Waals surface area contributed by atoms with Crippen molar-refractivity contribution in [2.45, 2.75) is 31.3 Å². The number of ether oxygens (including phenoxy) is 1. The quantitative estimate of drug-likeness (QED) is 0.910. The number of fused-ring (bicyclic) bond motifs is 1. The van der Waals surface area contributed by atoms with Crippen LogP contribution in [0.4, 0.5) is 5.69 Å². The average Bonchev–Trinajstić information content (AvgIpc) is 2.97. The highest BCUT2D eigenvalue weighted by molar-refractivity contribution is 5.57. The van der Waals surface area contributed by atoms with E-state index in [2.05, 4.69) is 29.6 Å². The third-order valence-corrected chi connectivity index (χ3v) is 4.66. The highest BCUT2D eigenvalue weighted by Gasteiger charge is 2.44. The fourth-order valence-corrected chi connectivity index (χ4v) is 3.39.